The lowest BCUT2D eigenvalue weighted by Crippen LogP contribution is -2.29. The van der Waals surface area contributed by atoms with Gasteiger partial charge >= 0.3 is 0 Å². The number of hydrogen-bond acceptors (Lipinski definition) is 5. The van der Waals surface area contributed by atoms with E-state index in [4.69, 9.17) is 26.1 Å². The number of carbonyl (C=O) groups is 1. The fourth-order valence-electron chi connectivity index (χ4n) is 2.38. The first-order valence-corrected chi connectivity index (χ1v) is 7.62. The van der Waals surface area contributed by atoms with Crippen molar-refractivity contribution >= 4 is 29.3 Å². The van der Waals surface area contributed by atoms with Gasteiger partial charge < -0.3 is 19.2 Å². The first-order chi connectivity index (χ1) is 11.6. The molecule has 0 bridgehead atoms. The molecule has 0 aliphatic carbocycles. The SMILES string of the molecule is COc1ccc(/C=C2/NC(=S)N(Cc3ccco3)C2=O)cc1OC. The van der Waals surface area contributed by atoms with Gasteiger partial charge in [0.1, 0.15) is 11.5 Å². The number of rotatable bonds is 5. The van der Waals surface area contributed by atoms with Crippen molar-refractivity contribution in [2.75, 3.05) is 14.2 Å². The third-order valence-corrected chi connectivity index (χ3v) is 3.90. The molecule has 2 heterocycles. The van der Waals surface area contributed by atoms with E-state index in [0.29, 0.717) is 34.6 Å². The Morgan fingerprint density at radius 1 is 1.25 bits per heavy atom. The van der Waals surface area contributed by atoms with E-state index in [1.807, 2.05) is 6.07 Å². The fourth-order valence-corrected chi connectivity index (χ4v) is 2.64. The highest BCUT2D eigenvalue weighted by molar-refractivity contribution is 7.80. The van der Waals surface area contributed by atoms with E-state index in [1.165, 1.54) is 4.90 Å². The molecule has 1 aliphatic rings. The van der Waals surface area contributed by atoms with Gasteiger partial charge in [-0.25, -0.2) is 0 Å². The van der Waals surface area contributed by atoms with Gasteiger partial charge in [0.05, 0.1) is 27.0 Å². The first kappa shape index (κ1) is 16.1. The molecule has 2 aromatic rings. The molecule has 7 heteroatoms. The van der Waals surface area contributed by atoms with Crippen molar-refractivity contribution in [3.8, 4) is 11.5 Å². The summed E-state index contributed by atoms with van der Waals surface area (Å²) in [5.41, 5.74) is 1.20. The van der Waals surface area contributed by atoms with Crippen molar-refractivity contribution in [2.24, 2.45) is 0 Å². The highest BCUT2D eigenvalue weighted by Gasteiger charge is 2.31. The Morgan fingerprint density at radius 3 is 2.71 bits per heavy atom. The van der Waals surface area contributed by atoms with Gasteiger partial charge in [0.2, 0.25) is 0 Å². The Balaban J connectivity index is 1.83. The lowest BCUT2D eigenvalue weighted by molar-refractivity contribution is -0.122. The molecule has 124 valence electrons. The molecule has 0 radical (unpaired) electrons. The summed E-state index contributed by atoms with van der Waals surface area (Å²) >= 11 is 5.24. The van der Waals surface area contributed by atoms with Gasteiger partial charge in [0.15, 0.2) is 16.6 Å². The van der Waals surface area contributed by atoms with Gasteiger partial charge in [0, 0.05) is 0 Å². The van der Waals surface area contributed by atoms with Crippen LogP contribution in [0.25, 0.3) is 6.08 Å². The van der Waals surface area contributed by atoms with Crippen LogP contribution in [0.5, 0.6) is 11.5 Å². The van der Waals surface area contributed by atoms with Crippen molar-refractivity contribution in [3.05, 3.63) is 53.6 Å². The summed E-state index contributed by atoms with van der Waals surface area (Å²) in [7, 11) is 3.14. The van der Waals surface area contributed by atoms with E-state index in [0.717, 1.165) is 5.56 Å². The molecule has 1 fully saturated rings. The summed E-state index contributed by atoms with van der Waals surface area (Å²) in [6, 6.07) is 8.98. The minimum atomic E-state index is -0.203. The van der Waals surface area contributed by atoms with E-state index in [1.54, 1.807) is 50.8 Å². The second-order valence-corrected chi connectivity index (χ2v) is 5.46. The van der Waals surface area contributed by atoms with Gasteiger partial charge in [-0.1, -0.05) is 6.07 Å². The Hall–Kier alpha value is -2.80. The van der Waals surface area contributed by atoms with Crippen LogP contribution in [0.3, 0.4) is 0 Å². The molecule has 1 saturated heterocycles. The molecule has 0 unspecified atom stereocenters. The number of methoxy groups -OCH3 is 2. The Labute approximate surface area is 144 Å². The predicted molar refractivity (Wildman–Crippen MR) is 92.5 cm³/mol. The molecule has 1 N–H and O–H groups in total. The van der Waals surface area contributed by atoms with Crippen LogP contribution in [0.1, 0.15) is 11.3 Å². The van der Waals surface area contributed by atoms with Crippen molar-refractivity contribution in [1.29, 1.82) is 0 Å². The summed E-state index contributed by atoms with van der Waals surface area (Å²) in [6.45, 7) is 0.293. The molecule has 3 rings (SSSR count). The lowest BCUT2D eigenvalue weighted by Gasteiger charge is -2.11. The number of amides is 1. The van der Waals surface area contributed by atoms with Gasteiger partial charge in [-0.3, -0.25) is 9.69 Å². The smallest absolute Gasteiger partial charge is 0.276 e. The molecule has 1 amide bonds. The second kappa shape index (κ2) is 6.76. The quantitative estimate of drug-likeness (QED) is 0.664. The zero-order valence-electron chi connectivity index (χ0n) is 13.2. The number of nitrogens with zero attached hydrogens (tertiary/aromatic N) is 1. The largest absolute Gasteiger partial charge is 0.493 e. The maximum absolute atomic E-state index is 12.5. The van der Waals surface area contributed by atoms with Crippen LogP contribution in [-0.4, -0.2) is 30.1 Å². The molecule has 1 aliphatic heterocycles. The van der Waals surface area contributed by atoms with Gasteiger partial charge in [-0.15, -0.1) is 0 Å². The summed E-state index contributed by atoms with van der Waals surface area (Å²) in [6.07, 6.45) is 3.28. The topological polar surface area (TPSA) is 63.9 Å². The van der Waals surface area contributed by atoms with Crippen molar-refractivity contribution in [1.82, 2.24) is 10.2 Å². The molecule has 24 heavy (non-hydrogen) atoms. The third-order valence-electron chi connectivity index (χ3n) is 3.57. The second-order valence-electron chi connectivity index (χ2n) is 5.07. The number of ether oxygens (including phenoxy) is 2. The average molecular weight is 344 g/mol. The molecule has 6 nitrogen and oxygen atoms in total. The van der Waals surface area contributed by atoms with Crippen LogP contribution in [0, 0.1) is 0 Å². The fraction of sp³-hybridized carbons (Fsp3) is 0.176. The Kier molecular flexibility index (Phi) is 4.52. The van der Waals surface area contributed by atoms with Crippen LogP contribution < -0.4 is 14.8 Å². The summed E-state index contributed by atoms with van der Waals surface area (Å²) in [5, 5.41) is 3.29. The molecule has 0 atom stereocenters. The maximum atomic E-state index is 12.5. The number of thiocarbonyl (C=S) groups is 1. The molecular formula is C17H16N2O4S. The number of hydrogen-bond donors (Lipinski definition) is 1. The van der Waals surface area contributed by atoms with E-state index in [-0.39, 0.29) is 5.91 Å². The highest BCUT2D eigenvalue weighted by atomic mass is 32.1. The van der Waals surface area contributed by atoms with Crippen LogP contribution in [0.2, 0.25) is 0 Å². The minimum absolute atomic E-state index is 0.203. The number of furan rings is 1. The van der Waals surface area contributed by atoms with E-state index < -0.39 is 0 Å². The van der Waals surface area contributed by atoms with E-state index >= 15 is 0 Å². The zero-order valence-corrected chi connectivity index (χ0v) is 14.1. The molecule has 1 aromatic heterocycles. The van der Waals surface area contributed by atoms with Crippen LogP contribution in [0.15, 0.2) is 46.7 Å². The zero-order chi connectivity index (χ0) is 17.1. The maximum Gasteiger partial charge on any atom is 0.276 e. The predicted octanol–water partition coefficient (Wildman–Crippen LogP) is 2.55. The van der Waals surface area contributed by atoms with Crippen molar-refractivity contribution < 1.29 is 18.7 Å². The average Bonchev–Trinajstić information content (AvgIpc) is 3.19. The Morgan fingerprint density at radius 2 is 2.04 bits per heavy atom. The number of nitrogens with one attached hydrogen (secondary N) is 1. The third kappa shape index (κ3) is 3.11. The number of carbonyl (C=O) groups excluding carboxylic acids is 1. The number of benzene rings is 1. The molecular weight excluding hydrogens is 328 g/mol. The minimum Gasteiger partial charge on any atom is -0.493 e. The standard InChI is InChI=1S/C17H16N2O4S/c1-21-14-6-5-11(9-15(14)22-2)8-13-16(20)19(17(24)18-13)10-12-4-3-7-23-12/h3-9H,10H2,1-2H3,(H,18,24)/b13-8+. The van der Waals surface area contributed by atoms with Gasteiger partial charge in [0.25, 0.3) is 5.91 Å². The highest BCUT2D eigenvalue weighted by Crippen LogP contribution is 2.28. The van der Waals surface area contributed by atoms with Crippen LogP contribution in [0.4, 0.5) is 0 Å². The normalized spacial score (nSPS) is 15.8. The van der Waals surface area contributed by atoms with Crippen molar-refractivity contribution in [3.63, 3.8) is 0 Å². The summed E-state index contributed by atoms with van der Waals surface area (Å²) < 4.78 is 15.8. The summed E-state index contributed by atoms with van der Waals surface area (Å²) in [5.74, 6) is 1.68. The molecule has 0 saturated carbocycles. The van der Waals surface area contributed by atoms with Crippen molar-refractivity contribution in [2.45, 2.75) is 6.54 Å². The van der Waals surface area contributed by atoms with Crippen LogP contribution in [-0.2, 0) is 11.3 Å². The van der Waals surface area contributed by atoms with Gasteiger partial charge in [-0.2, -0.15) is 0 Å². The molecule has 0 spiro atoms. The first-order valence-electron chi connectivity index (χ1n) is 7.21. The van der Waals surface area contributed by atoms with Crippen LogP contribution >= 0.6 is 12.2 Å². The van der Waals surface area contributed by atoms with Gasteiger partial charge in [-0.05, 0) is 48.1 Å². The Bertz CT molecular complexity index is 799. The monoisotopic (exact) mass is 344 g/mol. The van der Waals surface area contributed by atoms with E-state index in [2.05, 4.69) is 5.32 Å². The summed E-state index contributed by atoms with van der Waals surface area (Å²) in [4.78, 5) is 14.0. The molecule has 1 aromatic carbocycles. The lowest BCUT2D eigenvalue weighted by atomic mass is 10.1. The van der Waals surface area contributed by atoms with E-state index in [9.17, 15) is 4.79 Å².